The third kappa shape index (κ3) is 12.6. The van der Waals surface area contributed by atoms with Gasteiger partial charge in [-0.15, -0.1) is 0 Å². The number of aliphatic imine (C=N–C) groups is 4. The first-order valence-electron chi connectivity index (χ1n) is 40.1. The monoisotopic (exact) mass is 1380 g/mol. The van der Waals surface area contributed by atoms with Crippen LogP contribution in [0.25, 0.3) is 21.5 Å². The molecule has 17 heteroatoms. The molecule has 6 bridgehead atoms. The predicted octanol–water partition coefficient (Wildman–Crippen LogP) is 20.7. The van der Waals surface area contributed by atoms with Gasteiger partial charge in [-0.2, -0.15) is 0 Å². The molecule has 8 aliphatic carbocycles. The second-order valence-electron chi connectivity index (χ2n) is 33.0. The highest BCUT2D eigenvalue weighted by molar-refractivity contribution is 7.57. The molecule has 6 aromatic rings. The molecule has 8 saturated carbocycles. The second kappa shape index (κ2) is 27.6. The van der Waals surface area contributed by atoms with Crippen LogP contribution in [-0.4, -0.2) is 72.4 Å². The molecule has 12 aliphatic rings. The number of rotatable bonds is 13. The molecule has 3 N–H and O–H groups in total. The number of hydrogen-bond acceptors (Lipinski definition) is 9. The fourth-order valence-corrected chi connectivity index (χ4v) is 27.9. The van der Waals surface area contributed by atoms with Crippen LogP contribution in [0.4, 0.5) is 11.6 Å². The molecular formula is C82H103AlN8O6P2. The third-order valence-corrected chi connectivity index (χ3v) is 32.6. The van der Waals surface area contributed by atoms with Gasteiger partial charge >= 0.3 is 30.1 Å². The van der Waals surface area contributed by atoms with Crippen molar-refractivity contribution in [1.29, 1.82) is 0 Å². The second-order valence-corrected chi connectivity index (χ2v) is 39.0. The summed E-state index contributed by atoms with van der Waals surface area (Å²) >= 11 is -4.02. The van der Waals surface area contributed by atoms with E-state index in [9.17, 15) is 19.2 Å². The van der Waals surface area contributed by atoms with E-state index in [4.69, 9.17) is 33.5 Å². The maximum atomic E-state index is 15.9. The quantitative estimate of drug-likeness (QED) is 0.0762. The Balaban J connectivity index is 1.01. The first-order chi connectivity index (χ1) is 48.4. The normalized spacial score (nSPS) is 23.4. The van der Waals surface area contributed by atoms with Gasteiger partial charge in [-0.1, -0.05) is 154 Å². The van der Waals surface area contributed by atoms with Gasteiger partial charge in [0.15, 0.2) is 23.3 Å². The van der Waals surface area contributed by atoms with Gasteiger partial charge in [0.2, 0.25) is 0 Å². The standard InChI is InChI=1S/C80H96N8.C2H8O6P2.Al/c1-9-25-49(26-10-1)57-41-65-66(42-58(57)50-27-11-2-12-28-50)74-81-73(65)85-75-67-43-59(51-29-13-3-14-30-51)60(52-31-15-4-16-32-52)44-68(67)77(82-75)87-79-71-47-63(55-37-21-7-22-38-55)64(56-39-23-8-24-40-56)48-72(71)80(84-79)88-78-70-46-62(54-35-19-6-20-36-54)61(53-33-17-5-18-34-53)45-69(70)76(83-78)86-74;3-9(4,5)1-2-10(6,7)8;/h41-56H,1-40H2;1-2H2,(H2,3,4,5)(H2,6,7,8);/q-2;;+3/p-1. The molecule has 14 nitrogen and oxygen atoms in total. The molecule has 0 saturated heterocycles. The van der Waals surface area contributed by atoms with Gasteiger partial charge in [0.1, 0.15) is 22.6 Å². The van der Waals surface area contributed by atoms with Crippen molar-refractivity contribution >= 4 is 86.6 Å². The number of benzene rings is 4. The Morgan fingerprint density at radius 1 is 0.313 bits per heavy atom. The van der Waals surface area contributed by atoms with E-state index < -0.39 is 42.4 Å². The van der Waals surface area contributed by atoms with Crippen molar-refractivity contribution in [3.63, 3.8) is 0 Å². The Bertz CT molecular complexity index is 4270. The van der Waals surface area contributed by atoms with Crippen LogP contribution >= 0.6 is 15.2 Å². The molecule has 2 aromatic heterocycles. The zero-order chi connectivity index (χ0) is 66.5. The number of nitrogens with zero attached hydrogens (tertiary/aromatic N) is 8. The van der Waals surface area contributed by atoms with E-state index in [1.165, 1.54) is 199 Å². The lowest BCUT2D eigenvalue weighted by molar-refractivity contribution is 0.361. The lowest BCUT2D eigenvalue weighted by Crippen LogP contribution is -2.48. The average Bonchev–Trinajstić information content (AvgIpc) is 1.56. The number of amidine groups is 4. The van der Waals surface area contributed by atoms with Gasteiger partial charge in [0.05, 0.1) is 12.3 Å². The fraction of sp³-hybridized carbons (Fsp3) is 0.610. The van der Waals surface area contributed by atoms with Crippen molar-refractivity contribution in [2.75, 3.05) is 12.3 Å². The van der Waals surface area contributed by atoms with E-state index in [0.717, 1.165) is 147 Å². The summed E-state index contributed by atoms with van der Waals surface area (Å²) in [5.41, 5.74) is 16.4. The highest BCUT2D eigenvalue weighted by atomic mass is 31.2. The summed E-state index contributed by atoms with van der Waals surface area (Å²) in [4.78, 5) is 70.2. The Morgan fingerprint density at radius 2 is 0.556 bits per heavy atom. The van der Waals surface area contributed by atoms with Crippen LogP contribution in [0.3, 0.4) is 0 Å². The van der Waals surface area contributed by atoms with Crippen molar-refractivity contribution < 1.29 is 27.4 Å². The lowest BCUT2D eigenvalue weighted by atomic mass is 9.74. The van der Waals surface area contributed by atoms with Gasteiger partial charge in [-0.25, -0.2) is 30.0 Å². The van der Waals surface area contributed by atoms with Crippen LogP contribution in [-0.2, 0) is 12.7 Å². The minimum Gasteiger partial charge on any atom is -0.396 e. The fourth-order valence-electron chi connectivity index (χ4n) is 21.6. The first kappa shape index (κ1) is 66.1. The molecule has 1 atom stereocenters. The van der Waals surface area contributed by atoms with Crippen molar-refractivity contribution in [2.24, 2.45) is 30.0 Å². The van der Waals surface area contributed by atoms with Gasteiger partial charge in [-0.3, -0.25) is 9.13 Å². The van der Waals surface area contributed by atoms with E-state index in [2.05, 4.69) is 55.6 Å². The summed E-state index contributed by atoms with van der Waals surface area (Å²) in [5.74, 6) is 6.61. The molecule has 18 rings (SSSR count). The predicted molar refractivity (Wildman–Crippen MR) is 400 cm³/mol. The van der Waals surface area contributed by atoms with Crippen LogP contribution in [0.15, 0.2) is 78.5 Å². The average molecular weight is 1390 g/mol. The molecular weight excluding hydrogens is 1280 g/mol. The molecule has 8 fully saturated rings. The summed E-state index contributed by atoms with van der Waals surface area (Å²) < 4.78 is 40.6. The molecule has 99 heavy (non-hydrogen) atoms. The molecule has 0 amide bonds. The van der Waals surface area contributed by atoms with Gasteiger partial charge in [0.25, 0.3) is 0 Å². The van der Waals surface area contributed by atoms with Crippen LogP contribution in [0.5, 0.6) is 0 Å². The van der Waals surface area contributed by atoms with Crippen molar-refractivity contribution in [1.82, 2.24) is 7.10 Å². The minimum atomic E-state index is -4.94. The molecule has 0 spiro atoms. The topological polar surface area (TPSA) is 188 Å². The number of hydrogen-bond donors (Lipinski definition) is 3. The van der Waals surface area contributed by atoms with Crippen molar-refractivity contribution in [2.45, 2.75) is 304 Å². The van der Waals surface area contributed by atoms with Crippen LogP contribution in [0, 0.1) is 0 Å². The number of fused-ring (bicyclic) bond motifs is 14. The van der Waals surface area contributed by atoms with Crippen molar-refractivity contribution in [3.05, 3.63) is 126 Å². The van der Waals surface area contributed by atoms with E-state index in [0.29, 0.717) is 93.3 Å². The summed E-state index contributed by atoms with van der Waals surface area (Å²) in [6.45, 7) is 0. The lowest BCUT2D eigenvalue weighted by Gasteiger charge is -2.30. The largest absolute Gasteiger partial charge is 0.816 e. The highest BCUT2D eigenvalue weighted by Crippen LogP contribution is 2.54. The van der Waals surface area contributed by atoms with Crippen LogP contribution in [0.2, 0.25) is 0 Å². The summed E-state index contributed by atoms with van der Waals surface area (Å²) in [7, 11) is -9.73. The van der Waals surface area contributed by atoms with Gasteiger partial charge < -0.3 is 25.4 Å². The van der Waals surface area contributed by atoms with Crippen LogP contribution in [0.1, 0.15) is 371 Å². The van der Waals surface area contributed by atoms with E-state index >= 15 is 4.57 Å². The van der Waals surface area contributed by atoms with E-state index in [1.807, 2.05) is 0 Å². The Morgan fingerprint density at radius 3 is 0.818 bits per heavy atom. The summed E-state index contributed by atoms with van der Waals surface area (Å²) in [5, 5.41) is 3.64. The Kier molecular flexibility index (Phi) is 18.4. The summed E-state index contributed by atoms with van der Waals surface area (Å²) in [6.07, 6.45) is 45.9. The molecule has 520 valence electrons. The zero-order valence-electron chi connectivity index (χ0n) is 58.6. The molecule has 0 radical (unpaired) electrons. The maximum Gasteiger partial charge on any atom is 0.816 e. The van der Waals surface area contributed by atoms with E-state index in [1.54, 1.807) is 0 Å². The maximum absolute atomic E-state index is 15.9. The van der Waals surface area contributed by atoms with Crippen LogP contribution < -0.4 is 11.0 Å². The molecule has 1 unspecified atom stereocenters. The minimum absolute atomic E-state index is 0.357. The van der Waals surface area contributed by atoms with Gasteiger partial charge in [-0.05, 0) is 243 Å². The highest BCUT2D eigenvalue weighted by Gasteiger charge is 2.48. The Labute approximate surface area is 590 Å². The molecule has 6 heterocycles. The zero-order valence-corrected chi connectivity index (χ0v) is 61.5. The van der Waals surface area contributed by atoms with E-state index in [-0.39, 0.29) is 0 Å². The number of aromatic nitrogens is 2. The Hall–Kier alpha value is -4.93. The summed E-state index contributed by atoms with van der Waals surface area (Å²) in [6, 6.07) is 20.0. The van der Waals surface area contributed by atoms with Gasteiger partial charge in [0, 0.05) is 43.8 Å². The third-order valence-electron chi connectivity index (χ3n) is 26.7. The first-order valence-corrected chi connectivity index (χ1v) is 45.1. The SMILES string of the molecule is O=P(O)(O)CCP(=O)(O)[O][Al]1[n]2c3c4cc(C5CCCCC5)c(C5CCCCC5)cc4c2N=C2N=C(N=c4c5cc(C6CCCCC6)c(C6CCCCC6)cc5c([n]41)=NC1=NC(=N3)c3cc(C4CCCCC4)c(C4CCCCC4)cc31)c1cc(C3CCCCC3)c(C3CCCCC3)cc12. The van der Waals surface area contributed by atoms with Crippen molar-refractivity contribution in [3.8, 4) is 0 Å². The smallest absolute Gasteiger partial charge is 0.396 e. The molecule has 4 aliphatic heterocycles. The molecule has 4 aromatic carbocycles.